The SMILES string of the molecule is Cc1nc([C@@H]2CCCN2C)no1. The van der Waals surface area contributed by atoms with Crippen molar-refractivity contribution in [3.05, 3.63) is 11.7 Å². The summed E-state index contributed by atoms with van der Waals surface area (Å²) < 4.78 is 4.94. The van der Waals surface area contributed by atoms with E-state index < -0.39 is 0 Å². The summed E-state index contributed by atoms with van der Waals surface area (Å²) in [5, 5.41) is 3.92. The van der Waals surface area contributed by atoms with E-state index in [1.807, 2.05) is 6.92 Å². The van der Waals surface area contributed by atoms with Gasteiger partial charge in [0.25, 0.3) is 0 Å². The molecule has 66 valence electrons. The molecule has 0 aliphatic carbocycles. The molecule has 0 spiro atoms. The van der Waals surface area contributed by atoms with E-state index in [0.717, 1.165) is 18.8 Å². The molecule has 1 aromatic heterocycles. The van der Waals surface area contributed by atoms with Gasteiger partial charge in [0.05, 0.1) is 6.04 Å². The molecular formula is C8H13N3O. The Balaban J connectivity index is 2.19. The minimum atomic E-state index is 0.377. The highest BCUT2D eigenvalue weighted by Crippen LogP contribution is 2.27. The Kier molecular flexibility index (Phi) is 1.84. The summed E-state index contributed by atoms with van der Waals surface area (Å²) in [4.78, 5) is 6.49. The van der Waals surface area contributed by atoms with E-state index in [1.165, 1.54) is 6.42 Å². The Hall–Kier alpha value is -0.900. The van der Waals surface area contributed by atoms with Crippen molar-refractivity contribution in [2.24, 2.45) is 0 Å². The molecule has 0 saturated carbocycles. The van der Waals surface area contributed by atoms with Gasteiger partial charge in [-0.25, -0.2) is 0 Å². The highest BCUT2D eigenvalue weighted by Gasteiger charge is 2.26. The first-order chi connectivity index (χ1) is 5.77. The van der Waals surface area contributed by atoms with Crippen LogP contribution in [0.15, 0.2) is 4.52 Å². The smallest absolute Gasteiger partial charge is 0.223 e. The molecular weight excluding hydrogens is 154 g/mol. The summed E-state index contributed by atoms with van der Waals surface area (Å²) in [6, 6.07) is 0.377. The number of rotatable bonds is 1. The van der Waals surface area contributed by atoms with Gasteiger partial charge in [-0.1, -0.05) is 5.16 Å². The van der Waals surface area contributed by atoms with Gasteiger partial charge in [-0.05, 0) is 26.4 Å². The van der Waals surface area contributed by atoms with Crippen molar-refractivity contribution in [2.75, 3.05) is 13.6 Å². The van der Waals surface area contributed by atoms with Gasteiger partial charge < -0.3 is 4.52 Å². The molecule has 1 aromatic rings. The molecule has 12 heavy (non-hydrogen) atoms. The van der Waals surface area contributed by atoms with Crippen LogP contribution >= 0.6 is 0 Å². The van der Waals surface area contributed by atoms with Gasteiger partial charge in [0.2, 0.25) is 5.89 Å². The maximum absolute atomic E-state index is 4.94. The first kappa shape index (κ1) is 7.73. The van der Waals surface area contributed by atoms with E-state index in [-0.39, 0.29) is 0 Å². The molecule has 1 aliphatic rings. The summed E-state index contributed by atoms with van der Waals surface area (Å²) in [7, 11) is 2.10. The molecule has 1 fully saturated rings. The lowest BCUT2D eigenvalue weighted by atomic mass is 10.2. The number of aromatic nitrogens is 2. The van der Waals surface area contributed by atoms with Crippen molar-refractivity contribution in [2.45, 2.75) is 25.8 Å². The molecule has 0 unspecified atom stereocenters. The van der Waals surface area contributed by atoms with Crippen LogP contribution in [0.25, 0.3) is 0 Å². The lowest BCUT2D eigenvalue weighted by molar-refractivity contribution is 0.293. The summed E-state index contributed by atoms with van der Waals surface area (Å²) in [5.74, 6) is 1.50. The van der Waals surface area contributed by atoms with Gasteiger partial charge in [0.15, 0.2) is 5.82 Å². The molecule has 4 heteroatoms. The number of hydrogen-bond donors (Lipinski definition) is 0. The summed E-state index contributed by atoms with van der Waals surface area (Å²) >= 11 is 0. The van der Waals surface area contributed by atoms with Gasteiger partial charge in [0.1, 0.15) is 0 Å². The Labute approximate surface area is 71.6 Å². The van der Waals surface area contributed by atoms with Gasteiger partial charge in [-0.3, -0.25) is 4.90 Å². The highest BCUT2D eigenvalue weighted by atomic mass is 16.5. The van der Waals surface area contributed by atoms with Crippen LogP contribution in [0.4, 0.5) is 0 Å². The molecule has 1 saturated heterocycles. The van der Waals surface area contributed by atoms with Gasteiger partial charge in [0, 0.05) is 6.92 Å². The lowest BCUT2D eigenvalue weighted by Crippen LogP contribution is -2.18. The minimum absolute atomic E-state index is 0.377. The Morgan fingerprint density at radius 3 is 2.92 bits per heavy atom. The Morgan fingerprint density at radius 1 is 1.58 bits per heavy atom. The summed E-state index contributed by atoms with van der Waals surface area (Å²) in [5.41, 5.74) is 0. The fraction of sp³-hybridized carbons (Fsp3) is 0.750. The van der Waals surface area contributed by atoms with Crippen LogP contribution in [0.2, 0.25) is 0 Å². The quantitative estimate of drug-likeness (QED) is 0.629. The molecule has 4 nitrogen and oxygen atoms in total. The third kappa shape index (κ3) is 1.22. The normalized spacial score (nSPS) is 25.0. The first-order valence-corrected chi connectivity index (χ1v) is 4.28. The third-order valence-corrected chi connectivity index (χ3v) is 2.36. The van der Waals surface area contributed by atoms with Crippen LogP contribution in [0, 0.1) is 6.92 Å². The van der Waals surface area contributed by atoms with Crippen molar-refractivity contribution >= 4 is 0 Å². The van der Waals surface area contributed by atoms with Crippen LogP contribution in [0.5, 0.6) is 0 Å². The zero-order chi connectivity index (χ0) is 8.55. The Morgan fingerprint density at radius 2 is 2.42 bits per heavy atom. The summed E-state index contributed by atoms with van der Waals surface area (Å²) in [6.07, 6.45) is 2.38. The van der Waals surface area contributed by atoms with Crippen LogP contribution in [-0.2, 0) is 0 Å². The van der Waals surface area contributed by atoms with Crippen molar-refractivity contribution in [1.82, 2.24) is 15.0 Å². The van der Waals surface area contributed by atoms with E-state index in [2.05, 4.69) is 22.1 Å². The molecule has 1 atom stereocenters. The zero-order valence-corrected chi connectivity index (χ0v) is 7.45. The maximum Gasteiger partial charge on any atom is 0.223 e. The fourth-order valence-electron chi connectivity index (χ4n) is 1.69. The van der Waals surface area contributed by atoms with Gasteiger partial charge >= 0.3 is 0 Å². The second-order valence-electron chi connectivity index (χ2n) is 3.31. The van der Waals surface area contributed by atoms with Gasteiger partial charge in [-0.2, -0.15) is 4.98 Å². The average Bonchev–Trinajstić information content (AvgIpc) is 2.58. The van der Waals surface area contributed by atoms with E-state index in [9.17, 15) is 0 Å². The topological polar surface area (TPSA) is 42.2 Å². The van der Waals surface area contributed by atoms with E-state index in [0.29, 0.717) is 11.9 Å². The number of hydrogen-bond acceptors (Lipinski definition) is 4. The predicted octanol–water partition coefficient (Wildman–Crippen LogP) is 1.14. The average molecular weight is 167 g/mol. The molecule has 0 bridgehead atoms. The van der Waals surface area contributed by atoms with Crippen LogP contribution in [-0.4, -0.2) is 28.6 Å². The van der Waals surface area contributed by atoms with E-state index >= 15 is 0 Å². The zero-order valence-electron chi connectivity index (χ0n) is 7.45. The molecule has 1 aliphatic heterocycles. The molecule has 0 aromatic carbocycles. The second kappa shape index (κ2) is 2.86. The fourth-order valence-corrected chi connectivity index (χ4v) is 1.69. The van der Waals surface area contributed by atoms with Crippen LogP contribution in [0.3, 0.4) is 0 Å². The van der Waals surface area contributed by atoms with Crippen LogP contribution in [0.1, 0.15) is 30.6 Å². The monoisotopic (exact) mass is 167 g/mol. The first-order valence-electron chi connectivity index (χ1n) is 4.28. The number of aryl methyl sites for hydroxylation is 1. The standard InChI is InChI=1S/C8H13N3O/c1-6-9-8(10-12-6)7-4-3-5-11(7)2/h7H,3-5H2,1-2H3/t7-/m0/s1. The Bertz CT molecular complexity index is 271. The molecule has 2 heterocycles. The largest absolute Gasteiger partial charge is 0.340 e. The molecule has 0 radical (unpaired) electrons. The van der Waals surface area contributed by atoms with Crippen molar-refractivity contribution in [3.8, 4) is 0 Å². The third-order valence-electron chi connectivity index (χ3n) is 2.36. The van der Waals surface area contributed by atoms with Crippen molar-refractivity contribution < 1.29 is 4.52 Å². The predicted molar refractivity (Wildman–Crippen MR) is 43.6 cm³/mol. The lowest BCUT2D eigenvalue weighted by Gasteiger charge is -2.14. The van der Waals surface area contributed by atoms with Crippen molar-refractivity contribution in [3.63, 3.8) is 0 Å². The minimum Gasteiger partial charge on any atom is -0.340 e. The van der Waals surface area contributed by atoms with Crippen LogP contribution < -0.4 is 0 Å². The van der Waals surface area contributed by atoms with Crippen molar-refractivity contribution in [1.29, 1.82) is 0 Å². The number of likely N-dealkylation sites (tertiary alicyclic amines) is 1. The molecule has 2 rings (SSSR count). The number of nitrogens with zero attached hydrogens (tertiary/aromatic N) is 3. The maximum atomic E-state index is 4.94. The highest BCUT2D eigenvalue weighted by molar-refractivity contribution is 4.96. The molecule has 0 N–H and O–H groups in total. The second-order valence-corrected chi connectivity index (χ2v) is 3.31. The molecule has 0 amide bonds. The van der Waals surface area contributed by atoms with E-state index in [4.69, 9.17) is 4.52 Å². The van der Waals surface area contributed by atoms with Gasteiger partial charge in [-0.15, -0.1) is 0 Å². The summed E-state index contributed by atoms with van der Waals surface area (Å²) in [6.45, 7) is 2.96. The van der Waals surface area contributed by atoms with E-state index in [1.54, 1.807) is 0 Å².